The summed E-state index contributed by atoms with van der Waals surface area (Å²) in [5.74, 6) is -1.60. The number of nitriles is 2. The van der Waals surface area contributed by atoms with Crippen molar-refractivity contribution in [3.63, 3.8) is 0 Å². The smallest absolute Gasteiger partial charge is 0.348 e. The van der Waals surface area contributed by atoms with Crippen LogP contribution in [0, 0.1) is 28.5 Å². The molecule has 0 aliphatic heterocycles. The van der Waals surface area contributed by atoms with Crippen LogP contribution in [0.25, 0.3) is 6.08 Å². The van der Waals surface area contributed by atoms with E-state index in [9.17, 15) is 9.18 Å². The number of ether oxygens (including phenoxy) is 1. The van der Waals surface area contributed by atoms with Crippen molar-refractivity contribution in [3.05, 3.63) is 34.6 Å². The molecule has 0 saturated carbocycles. The van der Waals surface area contributed by atoms with Crippen molar-refractivity contribution < 1.29 is 13.9 Å². The summed E-state index contributed by atoms with van der Waals surface area (Å²) in [4.78, 5) is 13.1. The highest BCUT2D eigenvalue weighted by atomic mass is 19.1. The molecule has 0 aliphatic rings. The first-order chi connectivity index (χ1) is 9.96. The molecule has 0 amide bonds. The number of esters is 1. The maximum absolute atomic E-state index is 14.3. The second-order valence-corrected chi connectivity index (χ2v) is 4.26. The molecule has 0 radical (unpaired) electrons. The number of hydrogen-bond donors (Lipinski definition) is 0. The van der Waals surface area contributed by atoms with Crippen LogP contribution in [0.2, 0.25) is 0 Å². The van der Waals surface area contributed by atoms with Crippen molar-refractivity contribution in [2.75, 3.05) is 25.6 Å². The number of nitrogens with zero attached hydrogens (tertiary/aromatic N) is 3. The van der Waals surface area contributed by atoms with Crippen LogP contribution in [0.4, 0.5) is 10.1 Å². The van der Waals surface area contributed by atoms with Gasteiger partial charge in [-0.3, -0.25) is 0 Å². The SMILES string of the molecule is CCOC(=O)/C(C#N)=C\c1ccc(N(C)C)c(C#N)c1F. The summed E-state index contributed by atoms with van der Waals surface area (Å²) in [6, 6.07) is 6.40. The molecule has 0 saturated heterocycles. The fourth-order valence-corrected chi connectivity index (χ4v) is 1.67. The minimum Gasteiger partial charge on any atom is -0.462 e. The first kappa shape index (κ1) is 16.2. The highest BCUT2D eigenvalue weighted by Gasteiger charge is 2.16. The summed E-state index contributed by atoms with van der Waals surface area (Å²) in [6.07, 6.45) is 1.08. The molecule has 0 aliphatic carbocycles. The zero-order valence-electron chi connectivity index (χ0n) is 12.0. The molecule has 1 aromatic carbocycles. The fraction of sp³-hybridized carbons (Fsp3) is 0.267. The summed E-state index contributed by atoms with van der Waals surface area (Å²) in [5, 5.41) is 18.0. The van der Waals surface area contributed by atoms with Crippen molar-refractivity contribution in [3.8, 4) is 12.1 Å². The zero-order valence-corrected chi connectivity index (χ0v) is 12.0. The van der Waals surface area contributed by atoms with E-state index in [-0.39, 0.29) is 23.3 Å². The standard InChI is InChI=1S/C15H14FN3O2/c1-4-21-15(20)11(8-17)7-10-5-6-13(19(2)3)12(9-18)14(10)16/h5-7H,4H2,1-3H3/b11-7-. The van der Waals surface area contributed by atoms with Crippen molar-refractivity contribution in [2.45, 2.75) is 6.92 Å². The summed E-state index contributed by atoms with van der Waals surface area (Å²) in [5.41, 5.74) is -0.0595. The third kappa shape index (κ3) is 3.58. The van der Waals surface area contributed by atoms with E-state index in [4.69, 9.17) is 15.3 Å². The Kier molecular flexibility index (Phi) is 5.45. The zero-order chi connectivity index (χ0) is 16.0. The molecule has 1 aromatic rings. The van der Waals surface area contributed by atoms with Gasteiger partial charge in [0.15, 0.2) is 0 Å². The van der Waals surface area contributed by atoms with Crippen LogP contribution < -0.4 is 4.90 Å². The number of halogens is 1. The van der Waals surface area contributed by atoms with E-state index in [0.717, 1.165) is 6.08 Å². The number of hydrogen-bond acceptors (Lipinski definition) is 5. The van der Waals surface area contributed by atoms with Gasteiger partial charge in [-0.2, -0.15) is 10.5 Å². The third-order valence-electron chi connectivity index (χ3n) is 2.66. The molecule has 5 nitrogen and oxygen atoms in total. The number of anilines is 1. The maximum Gasteiger partial charge on any atom is 0.348 e. The lowest BCUT2D eigenvalue weighted by Gasteiger charge is -2.15. The van der Waals surface area contributed by atoms with E-state index in [1.165, 1.54) is 6.07 Å². The first-order valence-electron chi connectivity index (χ1n) is 6.15. The molecule has 0 atom stereocenters. The summed E-state index contributed by atoms with van der Waals surface area (Å²) in [6.45, 7) is 1.72. The third-order valence-corrected chi connectivity index (χ3v) is 2.66. The quantitative estimate of drug-likeness (QED) is 0.482. The Morgan fingerprint density at radius 1 is 1.43 bits per heavy atom. The average molecular weight is 287 g/mol. The lowest BCUT2D eigenvalue weighted by atomic mass is 10.0. The molecule has 6 heteroatoms. The number of benzene rings is 1. The Labute approximate surface area is 122 Å². The molecule has 0 fully saturated rings. The van der Waals surface area contributed by atoms with E-state index < -0.39 is 11.8 Å². The molecule has 21 heavy (non-hydrogen) atoms. The lowest BCUT2D eigenvalue weighted by Crippen LogP contribution is -2.12. The highest BCUT2D eigenvalue weighted by molar-refractivity contribution is 5.98. The molecule has 108 valence electrons. The predicted molar refractivity (Wildman–Crippen MR) is 75.7 cm³/mol. The molecule has 0 bridgehead atoms. The normalized spacial score (nSPS) is 10.5. The molecule has 0 spiro atoms. The van der Waals surface area contributed by atoms with Crippen LogP contribution in [0.3, 0.4) is 0 Å². The Balaban J connectivity index is 3.37. The van der Waals surface area contributed by atoms with Gasteiger partial charge in [0.2, 0.25) is 0 Å². The van der Waals surface area contributed by atoms with Gasteiger partial charge in [-0.25, -0.2) is 9.18 Å². The largest absolute Gasteiger partial charge is 0.462 e. The van der Waals surface area contributed by atoms with Crippen LogP contribution in [0.1, 0.15) is 18.1 Å². The molecule has 0 N–H and O–H groups in total. The van der Waals surface area contributed by atoms with Gasteiger partial charge in [0, 0.05) is 19.7 Å². The minimum absolute atomic E-state index is 0.0123. The van der Waals surface area contributed by atoms with Gasteiger partial charge in [-0.1, -0.05) is 0 Å². The summed E-state index contributed by atoms with van der Waals surface area (Å²) in [7, 11) is 3.37. The summed E-state index contributed by atoms with van der Waals surface area (Å²) >= 11 is 0. The molecule has 0 aromatic heterocycles. The van der Waals surface area contributed by atoms with Gasteiger partial charge in [-0.05, 0) is 25.1 Å². The average Bonchev–Trinajstić information content (AvgIpc) is 2.45. The van der Waals surface area contributed by atoms with Gasteiger partial charge >= 0.3 is 5.97 Å². The van der Waals surface area contributed by atoms with E-state index in [2.05, 4.69) is 0 Å². The Bertz CT molecular complexity index is 667. The van der Waals surface area contributed by atoms with Crippen molar-refractivity contribution in [2.24, 2.45) is 0 Å². The Hall–Kier alpha value is -2.86. The van der Waals surface area contributed by atoms with Crippen molar-refractivity contribution in [1.82, 2.24) is 0 Å². The molecule has 1 rings (SSSR count). The molecular weight excluding hydrogens is 273 g/mol. The topological polar surface area (TPSA) is 77.1 Å². The van der Waals surface area contributed by atoms with Gasteiger partial charge in [-0.15, -0.1) is 0 Å². The van der Waals surface area contributed by atoms with E-state index in [1.807, 2.05) is 0 Å². The van der Waals surface area contributed by atoms with Crippen molar-refractivity contribution in [1.29, 1.82) is 10.5 Å². The number of rotatable bonds is 4. The van der Waals surface area contributed by atoms with E-state index >= 15 is 0 Å². The fourth-order valence-electron chi connectivity index (χ4n) is 1.67. The van der Waals surface area contributed by atoms with Crippen LogP contribution in [-0.2, 0) is 9.53 Å². The van der Waals surface area contributed by atoms with Crippen LogP contribution in [0.5, 0.6) is 0 Å². The second-order valence-electron chi connectivity index (χ2n) is 4.26. The maximum atomic E-state index is 14.3. The van der Waals surface area contributed by atoms with Gasteiger partial charge < -0.3 is 9.64 Å². The minimum atomic E-state index is -0.824. The Morgan fingerprint density at radius 2 is 2.10 bits per heavy atom. The van der Waals surface area contributed by atoms with E-state index in [0.29, 0.717) is 5.69 Å². The lowest BCUT2D eigenvalue weighted by molar-refractivity contribution is -0.137. The number of carbonyl (C=O) groups excluding carboxylic acids is 1. The van der Waals surface area contributed by atoms with Crippen LogP contribution >= 0.6 is 0 Å². The van der Waals surface area contributed by atoms with Gasteiger partial charge in [0.25, 0.3) is 0 Å². The molecular formula is C15H14FN3O2. The van der Waals surface area contributed by atoms with Gasteiger partial charge in [0.05, 0.1) is 12.3 Å². The van der Waals surface area contributed by atoms with E-state index in [1.54, 1.807) is 44.1 Å². The highest BCUT2D eigenvalue weighted by Crippen LogP contribution is 2.25. The monoisotopic (exact) mass is 287 g/mol. The van der Waals surface area contributed by atoms with Crippen LogP contribution in [0.15, 0.2) is 17.7 Å². The van der Waals surface area contributed by atoms with Crippen molar-refractivity contribution >= 4 is 17.7 Å². The molecule has 0 heterocycles. The second kappa shape index (κ2) is 7.06. The Morgan fingerprint density at radius 3 is 2.57 bits per heavy atom. The van der Waals surface area contributed by atoms with Crippen LogP contribution in [-0.4, -0.2) is 26.7 Å². The number of carbonyl (C=O) groups is 1. The summed E-state index contributed by atoms with van der Waals surface area (Å²) < 4.78 is 19.0. The first-order valence-corrected chi connectivity index (χ1v) is 6.15. The predicted octanol–water partition coefficient (Wildman–Crippen LogP) is 2.23. The molecule has 0 unspecified atom stereocenters. The van der Waals surface area contributed by atoms with Gasteiger partial charge in [0.1, 0.15) is 29.1 Å².